The largest absolute Gasteiger partial charge is 0.358 e. The van der Waals surface area contributed by atoms with E-state index in [0.29, 0.717) is 11.7 Å². The van der Waals surface area contributed by atoms with Gasteiger partial charge in [0, 0.05) is 17.3 Å². The second-order valence-corrected chi connectivity index (χ2v) is 5.82. The molecule has 0 fully saturated rings. The first-order valence-electron chi connectivity index (χ1n) is 5.78. The summed E-state index contributed by atoms with van der Waals surface area (Å²) in [5, 5.41) is 4.34. The van der Waals surface area contributed by atoms with Gasteiger partial charge in [-0.2, -0.15) is 0 Å². The summed E-state index contributed by atoms with van der Waals surface area (Å²) in [5.41, 5.74) is 2.46. The van der Waals surface area contributed by atoms with Crippen molar-refractivity contribution in [3.05, 3.63) is 10.9 Å². The van der Waals surface area contributed by atoms with Crippen molar-refractivity contribution in [2.24, 2.45) is 5.84 Å². The summed E-state index contributed by atoms with van der Waals surface area (Å²) in [6.45, 7) is 2.09. The van der Waals surface area contributed by atoms with E-state index in [1.54, 1.807) is 18.4 Å². The number of carbonyl (C=O) groups excluding carboxylic acids is 1. The van der Waals surface area contributed by atoms with Crippen LogP contribution in [0.5, 0.6) is 0 Å². The highest BCUT2D eigenvalue weighted by Gasteiger charge is 2.12. The van der Waals surface area contributed by atoms with Crippen LogP contribution in [-0.2, 0) is 11.2 Å². The van der Waals surface area contributed by atoms with Gasteiger partial charge in [-0.25, -0.2) is 15.8 Å². The van der Waals surface area contributed by atoms with Crippen molar-refractivity contribution in [3.8, 4) is 0 Å². The van der Waals surface area contributed by atoms with Gasteiger partial charge in [-0.15, -0.1) is 11.3 Å². The number of nitrogen functional groups attached to an aromatic ring is 1. The van der Waals surface area contributed by atoms with Gasteiger partial charge < -0.3 is 5.32 Å². The molecule has 0 aromatic carbocycles. The summed E-state index contributed by atoms with van der Waals surface area (Å²) in [6, 6.07) is 2.08. The second kappa shape index (κ2) is 6.18. The molecule has 0 aliphatic heterocycles. The SMILES string of the molecule is CCc1cc2c(SCC(=O)NC)nc(NN)nc2s1. The van der Waals surface area contributed by atoms with Crippen molar-refractivity contribution in [1.82, 2.24) is 15.3 Å². The number of thiophene rings is 1. The first kappa shape index (κ1) is 14.0. The number of aryl methyl sites for hydroxylation is 1. The van der Waals surface area contributed by atoms with Crippen LogP contribution in [0.4, 0.5) is 5.95 Å². The zero-order chi connectivity index (χ0) is 13.8. The third-order valence-electron chi connectivity index (χ3n) is 2.51. The van der Waals surface area contributed by atoms with Crippen LogP contribution in [0.2, 0.25) is 0 Å². The first-order chi connectivity index (χ1) is 9.17. The highest BCUT2D eigenvalue weighted by Crippen LogP contribution is 2.32. The molecule has 0 radical (unpaired) electrons. The smallest absolute Gasteiger partial charge is 0.239 e. The molecular weight excluding hydrogens is 282 g/mol. The Morgan fingerprint density at radius 3 is 2.95 bits per heavy atom. The Kier molecular flexibility index (Phi) is 4.56. The number of fused-ring (bicyclic) bond motifs is 1. The number of amides is 1. The van der Waals surface area contributed by atoms with E-state index in [1.165, 1.54) is 16.6 Å². The molecular formula is C11H15N5OS2. The van der Waals surface area contributed by atoms with Crippen molar-refractivity contribution >= 4 is 45.2 Å². The minimum atomic E-state index is -0.0371. The van der Waals surface area contributed by atoms with Crippen molar-refractivity contribution in [2.75, 3.05) is 18.2 Å². The predicted octanol–water partition coefficient (Wildman–Crippen LogP) is 1.38. The maximum atomic E-state index is 11.3. The summed E-state index contributed by atoms with van der Waals surface area (Å²) >= 11 is 3.00. The molecule has 2 aromatic heterocycles. The molecule has 0 aliphatic rings. The van der Waals surface area contributed by atoms with Gasteiger partial charge in [0.2, 0.25) is 11.9 Å². The molecule has 2 rings (SSSR count). The van der Waals surface area contributed by atoms with Crippen LogP contribution in [0, 0.1) is 0 Å². The second-order valence-electron chi connectivity index (χ2n) is 3.74. The Bertz CT molecular complexity index is 598. The molecule has 6 nitrogen and oxygen atoms in total. The molecule has 0 atom stereocenters. The number of hydrazine groups is 1. The number of anilines is 1. The fourth-order valence-corrected chi connectivity index (χ4v) is 3.41. The highest BCUT2D eigenvalue weighted by atomic mass is 32.2. The highest BCUT2D eigenvalue weighted by molar-refractivity contribution is 8.00. The number of nitrogens with zero attached hydrogens (tertiary/aromatic N) is 2. The average Bonchev–Trinajstić information content (AvgIpc) is 2.86. The molecule has 4 N–H and O–H groups in total. The van der Waals surface area contributed by atoms with Gasteiger partial charge in [0.25, 0.3) is 0 Å². The summed E-state index contributed by atoms with van der Waals surface area (Å²) < 4.78 is 0. The van der Waals surface area contributed by atoms with Crippen LogP contribution in [0.3, 0.4) is 0 Å². The summed E-state index contributed by atoms with van der Waals surface area (Å²) in [7, 11) is 1.62. The zero-order valence-corrected chi connectivity index (χ0v) is 12.3. The molecule has 0 unspecified atom stereocenters. The summed E-state index contributed by atoms with van der Waals surface area (Å²) in [5.74, 6) is 6.03. The monoisotopic (exact) mass is 297 g/mol. The van der Waals surface area contributed by atoms with Crippen molar-refractivity contribution in [3.63, 3.8) is 0 Å². The lowest BCUT2D eigenvalue weighted by Crippen LogP contribution is -2.19. The standard InChI is InChI=1S/C11H15N5OS2/c1-3-6-4-7-9(18-5-8(17)13-2)14-11(16-12)15-10(7)19-6/h4H,3,5,12H2,1-2H3,(H,13,17)(H,14,15,16). The molecule has 2 heterocycles. The number of rotatable bonds is 5. The van der Waals surface area contributed by atoms with Crippen molar-refractivity contribution < 1.29 is 4.79 Å². The Labute approximate surface area is 119 Å². The number of thioether (sulfide) groups is 1. The minimum Gasteiger partial charge on any atom is -0.358 e. The maximum Gasteiger partial charge on any atom is 0.239 e. The van der Waals surface area contributed by atoms with E-state index in [9.17, 15) is 4.79 Å². The van der Waals surface area contributed by atoms with Gasteiger partial charge in [-0.1, -0.05) is 18.7 Å². The van der Waals surface area contributed by atoms with Crippen LogP contribution >= 0.6 is 23.1 Å². The lowest BCUT2D eigenvalue weighted by atomic mass is 10.3. The lowest BCUT2D eigenvalue weighted by Gasteiger charge is -2.04. The van der Waals surface area contributed by atoms with E-state index in [4.69, 9.17) is 5.84 Å². The summed E-state index contributed by atoms with van der Waals surface area (Å²) in [6.07, 6.45) is 0.950. The first-order valence-corrected chi connectivity index (χ1v) is 7.58. The van der Waals surface area contributed by atoms with Gasteiger partial charge >= 0.3 is 0 Å². The molecule has 102 valence electrons. The Morgan fingerprint density at radius 1 is 1.53 bits per heavy atom. The van der Waals surface area contributed by atoms with E-state index >= 15 is 0 Å². The third-order valence-corrected chi connectivity index (χ3v) is 4.67. The topological polar surface area (TPSA) is 92.9 Å². The quantitative estimate of drug-likeness (QED) is 0.334. The number of nitrogens with one attached hydrogen (secondary N) is 2. The zero-order valence-electron chi connectivity index (χ0n) is 10.7. The maximum absolute atomic E-state index is 11.3. The van der Waals surface area contributed by atoms with E-state index in [0.717, 1.165) is 21.7 Å². The number of carbonyl (C=O) groups is 1. The van der Waals surface area contributed by atoms with E-state index in [-0.39, 0.29) is 5.91 Å². The van der Waals surface area contributed by atoms with Crippen molar-refractivity contribution in [1.29, 1.82) is 0 Å². The van der Waals surface area contributed by atoms with Crippen LogP contribution in [0.1, 0.15) is 11.8 Å². The Balaban J connectivity index is 2.38. The minimum absolute atomic E-state index is 0.0371. The van der Waals surface area contributed by atoms with Crippen LogP contribution in [0.15, 0.2) is 11.1 Å². The van der Waals surface area contributed by atoms with Crippen molar-refractivity contribution in [2.45, 2.75) is 18.4 Å². The number of hydrogen-bond donors (Lipinski definition) is 3. The number of hydrogen-bond acceptors (Lipinski definition) is 7. The molecule has 1 amide bonds. The summed E-state index contributed by atoms with van der Waals surface area (Å²) in [4.78, 5) is 22.1. The molecule has 0 saturated carbocycles. The Hall–Kier alpha value is -1.38. The molecule has 19 heavy (non-hydrogen) atoms. The van der Waals surface area contributed by atoms with Crippen LogP contribution in [-0.4, -0.2) is 28.7 Å². The van der Waals surface area contributed by atoms with Gasteiger partial charge in [0.15, 0.2) is 0 Å². The van der Waals surface area contributed by atoms with Crippen LogP contribution in [0.25, 0.3) is 10.2 Å². The van der Waals surface area contributed by atoms with E-state index < -0.39 is 0 Å². The molecule has 0 bridgehead atoms. The molecule has 0 spiro atoms. The average molecular weight is 297 g/mol. The Morgan fingerprint density at radius 2 is 2.32 bits per heavy atom. The number of nitrogens with two attached hydrogens (primary N) is 1. The molecule has 0 saturated heterocycles. The van der Waals surface area contributed by atoms with Gasteiger partial charge in [-0.05, 0) is 12.5 Å². The normalized spacial score (nSPS) is 10.7. The predicted molar refractivity (Wildman–Crippen MR) is 79.4 cm³/mol. The lowest BCUT2D eigenvalue weighted by molar-refractivity contribution is -0.118. The van der Waals surface area contributed by atoms with Gasteiger partial charge in [0.05, 0.1) is 5.75 Å². The van der Waals surface area contributed by atoms with E-state index in [2.05, 4.69) is 33.7 Å². The van der Waals surface area contributed by atoms with Gasteiger partial charge in [-0.3, -0.25) is 10.2 Å². The molecule has 2 aromatic rings. The number of aromatic nitrogens is 2. The van der Waals surface area contributed by atoms with Crippen LogP contribution < -0.4 is 16.6 Å². The van der Waals surface area contributed by atoms with E-state index in [1.807, 2.05) is 0 Å². The molecule has 0 aliphatic carbocycles. The fraction of sp³-hybridized carbons (Fsp3) is 0.364. The third kappa shape index (κ3) is 3.14. The van der Waals surface area contributed by atoms with Gasteiger partial charge in [0.1, 0.15) is 9.86 Å². The molecule has 8 heteroatoms. The fourth-order valence-electron chi connectivity index (χ4n) is 1.50.